The summed E-state index contributed by atoms with van der Waals surface area (Å²) in [6.07, 6.45) is 2.02. The summed E-state index contributed by atoms with van der Waals surface area (Å²) in [7, 11) is 0. The quantitative estimate of drug-likeness (QED) is 0.498. The molecule has 1 atom stereocenters. The summed E-state index contributed by atoms with van der Waals surface area (Å²) in [5.74, 6) is 0.556. The molecule has 2 aromatic heterocycles. The Hall–Kier alpha value is -2.65. The molecular formula is C21H22N4O3S2. The van der Waals surface area contributed by atoms with Crippen molar-refractivity contribution in [2.24, 2.45) is 0 Å². The number of carbonyl (C=O) groups excluding carboxylic acids is 2. The van der Waals surface area contributed by atoms with Gasteiger partial charge in [0.05, 0.1) is 22.9 Å². The first-order valence-electron chi connectivity index (χ1n) is 9.76. The number of H-pyrrole nitrogens is 1. The lowest BCUT2D eigenvalue weighted by molar-refractivity contribution is -0.125. The number of aromatic nitrogens is 2. The van der Waals surface area contributed by atoms with E-state index in [2.05, 4.69) is 20.6 Å². The second-order valence-electron chi connectivity index (χ2n) is 7.22. The van der Waals surface area contributed by atoms with E-state index in [1.54, 1.807) is 6.92 Å². The summed E-state index contributed by atoms with van der Waals surface area (Å²) >= 11 is 2.80. The van der Waals surface area contributed by atoms with Crippen LogP contribution >= 0.6 is 23.1 Å². The fourth-order valence-electron chi connectivity index (χ4n) is 2.99. The Balaban J connectivity index is 1.37. The van der Waals surface area contributed by atoms with Crippen molar-refractivity contribution in [3.63, 3.8) is 0 Å². The van der Waals surface area contributed by atoms with Gasteiger partial charge in [-0.2, -0.15) is 0 Å². The van der Waals surface area contributed by atoms with Crippen LogP contribution in [0.15, 0.2) is 40.5 Å². The Morgan fingerprint density at radius 2 is 2.07 bits per heavy atom. The minimum Gasteiger partial charge on any atom is -0.352 e. The van der Waals surface area contributed by atoms with Gasteiger partial charge in [0.2, 0.25) is 11.8 Å². The summed E-state index contributed by atoms with van der Waals surface area (Å²) in [5.41, 5.74) is 1.68. The van der Waals surface area contributed by atoms with Crippen LogP contribution in [0.5, 0.6) is 0 Å². The third-order valence-electron chi connectivity index (χ3n) is 4.78. The Kier molecular flexibility index (Phi) is 6.19. The zero-order valence-electron chi connectivity index (χ0n) is 16.4. The first-order valence-corrected chi connectivity index (χ1v) is 11.7. The molecule has 1 aromatic carbocycles. The lowest BCUT2D eigenvalue weighted by atomic mass is 10.1. The molecule has 2 heterocycles. The van der Waals surface area contributed by atoms with Gasteiger partial charge in [0.15, 0.2) is 0 Å². The second-order valence-corrected chi connectivity index (χ2v) is 9.41. The van der Waals surface area contributed by atoms with E-state index in [4.69, 9.17) is 0 Å². The normalized spacial score (nSPS) is 14.4. The minimum absolute atomic E-state index is 0.0151. The number of benzene rings is 1. The van der Waals surface area contributed by atoms with Crippen LogP contribution in [0.2, 0.25) is 0 Å². The van der Waals surface area contributed by atoms with Gasteiger partial charge in [0.1, 0.15) is 10.7 Å². The van der Waals surface area contributed by atoms with E-state index in [-0.39, 0.29) is 35.2 Å². The number of carbonyl (C=O) groups is 2. The van der Waals surface area contributed by atoms with Crippen molar-refractivity contribution < 1.29 is 9.59 Å². The summed E-state index contributed by atoms with van der Waals surface area (Å²) in [6.45, 7) is 1.76. The number of aromatic amines is 1. The third kappa shape index (κ3) is 4.91. The standard InChI is InChI=1S/C21H22N4O3S2/c1-12(19(27)22-9-17(26)23-14-7-8-14)29-11-16-24-20(28)18-15(10-30-21(18)25-16)13-5-3-2-4-6-13/h2-6,10,12,14H,7-9,11H2,1H3,(H,22,27)(H,23,26)(H,24,25,28)/t12-/m1/s1. The van der Waals surface area contributed by atoms with Crippen molar-refractivity contribution in [2.75, 3.05) is 6.54 Å². The van der Waals surface area contributed by atoms with Crippen LogP contribution in [0.1, 0.15) is 25.6 Å². The predicted molar refractivity (Wildman–Crippen MR) is 121 cm³/mol. The molecule has 0 bridgehead atoms. The maximum atomic E-state index is 12.7. The summed E-state index contributed by atoms with van der Waals surface area (Å²) in [5, 5.41) is 7.65. The van der Waals surface area contributed by atoms with E-state index in [1.807, 2.05) is 35.7 Å². The van der Waals surface area contributed by atoms with Crippen molar-refractivity contribution >= 4 is 45.1 Å². The molecule has 0 aliphatic heterocycles. The van der Waals surface area contributed by atoms with Crippen molar-refractivity contribution in [3.8, 4) is 11.1 Å². The van der Waals surface area contributed by atoms with Crippen LogP contribution in [0.3, 0.4) is 0 Å². The van der Waals surface area contributed by atoms with Crippen LogP contribution in [0, 0.1) is 0 Å². The molecule has 30 heavy (non-hydrogen) atoms. The van der Waals surface area contributed by atoms with E-state index < -0.39 is 0 Å². The summed E-state index contributed by atoms with van der Waals surface area (Å²) < 4.78 is 0. The van der Waals surface area contributed by atoms with Gasteiger partial charge in [-0.05, 0) is 25.3 Å². The number of thioether (sulfide) groups is 1. The largest absolute Gasteiger partial charge is 0.352 e. The molecule has 7 nitrogen and oxygen atoms in total. The van der Waals surface area contributed by atoms with Crippen LogP contribution in [-0.4, -0.2) is 39.6 Å². The first-order chi connectivity index (χ1) is 14.5. The van der Waals surface area contributed by atoms with Gasteiger partial charge < -0.3 is 15.6 Å². The third-order valence-corrected chi connectivity index (χ3v) is 6.81. The Morgan fingerprint density at radius 1 is 1.30 bits per heavy atom. The topological polar surface area (TPSA) is 104 Å². The molecule has 0 unspecified atom stereocenters. The number of nitrogens with one attached hydrogen (secondary N) is 3. The van der Waals surface area contributed by atoms with Crippen LogP contribution in [0.25, 0.3) is 21.3 Å². The highest BCUT2D eigenvalue weighted by Crippen LogP contribution is 2.30. The average Bonchev–Trinajstić information content (AvgIpc) is 3.45. The van der Waals surface area contributed by atoms with Gasteiger partial charge >= 0.3 is 0 Å². The second kappa shape index (κ2) is 9.01. The first kappa shape index (κ1) is 20.6. The molecule has 1 aliphatic carbocycles. The van der Waals surface area contributed by atoms with Gasteiger partial charge in [-0.25, -0.2) is 4.98 Å². The van der Waals surface area contributed by atoms with Gasteiger partial charge in [-0.3, -0.25) is 14.4 Å². The molecule has 0 spiro atoms. The Morgan fingerprint density at radius 3 is 2.80 bits per heavy atom. The minimum atomic E-state index is -0.372. The van der Waals surface area contributed by atoms with Crippen LogP contribution < -0.4 is 16.2 Å². The predicted octanol–water partition coefficient (Wildman–Crippen LogP) is 2.67. The van der Waals surface area contributed by atoms with E-state index in [0.717, 1.165) is 24.0 Å². The van der Waals surface area contributed by atoms with Crippen molar-refractivity contribution in [3.05, 3.63) is 51.9 Å². The monoisotopic (exact) mass is 442 g/mol. The smallest absolute Gasteiger partial charge is 0.260 e. The molecule has 0 radical (unpaired) electrons. The zero-order valence-corrected chi connectivity index (χ0v) is 18.1. The van der Waals surface area contributed by atoms with Gasteiger partial charge in [-0.1, -0.05) is 30.3 Å². The molecule has 3 N–H and O–H groups in total. The highest BCUT2D eigenvalue weighted by molar-refractivity contribution is 7.99. The van der Waals surface area contributed by atoms with E-state index in [0.29, 0.717) is 21.8 Å². The maximum Gasteiger partial charge on any atom is 0.260 e. The maximum absolute atomic E-state index is 12.7. The van der Waals surface area contributed by atoms with Crippen molar-refractivity contribution in [1.29, 1.82) is 0 Å². The fourth-order valence-corrected chi connectivity index (χ4v) is 4.74. The lowest BCUT2D eigenvalue weighted by Crippen LogP contribution is -2.40. The van der Waals surface area contributed by atoms with Gasteiger partial charge in [0, 0.05) is 17.0 Å². The number of hydrogen-bond acceptors (Lipinski definition) is 6. The molecule has 1 aliphatic rings. The molecule has 156 valence electrons. The summed E-state index contributed by atoms with van der Waals surface area (Å²) in [6, 6.07) is 10.0. The van der Waals surface area contributed by atoms with E-state index in [9.17, 15) is 14.4 Å². The molecule has 3 aromatic rings. The highest BCUT2D eigenvalue weighted by atomic mass is 32.2. The van der Waals surface area contributed by atoms with Crippen LogP contribution in [0.4, 0.5) is 0 Å². The average molecular weight is 443 g/mol. The zero-order chi connectivity index (χ0) is 21.1. The number of nitrogens with zero attached hydrogens (tertiary/aromatic N) is 1. The molecule has 0 saturated heterocycles. The van der Waals surface area contributed by atoms with Gasteiger partial charge in [0.25, 0.3) is 5.56 Å². The molecule has 9 heteroatoms. The number of amides is 2. The molecule has 2 amide bonds. The fraction of sp³-hybridized carbons (Fsp3) is 0.333. The molecule has 4 rings (SSSR count). The Bertz CT molecular complexity index is 1120. The van der Waals surface area contributed by atoms with Gasteiger partial charge in [-0.15, -0.1) is 23.1 Å². The van der Waals surface area contributed by atoms with Crippen molar-refractivity contribution in [2.45, 2.75) is 36.8 Å². The van der Waals surface area contributed by atoms with E-state index >= 15 is 0 Å². The lowest BCUT2D eigenvalue weighted by Gasteiger charge is -2.11. The number of fused-ring (bicyclic) bond motifs is 1. The molecular weight excluding hydrogens is 420 g/mol. The Labute approximate surface area is 181 Å². The van der Waals surface area contributed by atoms with E-state index in [1.165, 1.54) is 23.1 Å². The van der Waals surface area contributed by atoms with Crippen molar-refractivity contribution in [1.82, 2.24) is 20.6 Å². The van der Waals surface area contributed by atoms with Crippen LogP contribution in [-0.2, 0) is 15.3 Å². The number of hydrogen-bond donors (Lipinski definition) is 3. The SMILES string of the molecule is C[C@@H](SCc1nc2scc(-c3ccccc3)c2c(=O)[nH]1)C(=O)NCC(=O)NC1CC1. The summed E-state index contributed by atoms with van der Waals surface area (Å²) in [4.78, 5) is 44.7. The molecule has 1 fully saturated rings. The number of rotatable bonds is 8. The number of thiophene rings is 1. The molecule has 1 saturated carbocycles. The highest BCUT2D eigenvalue weighted by Gasteiger charge is 2.23.